The third kappa shape index (κ3) is 3.06. The highest BCUT2D eigenvalue weighted by Crippen LogP contribution is 2.35. The summed E-state index contributed by atoms with van der Waals surface area (Å²) in [6, 6.07) is 14.2. The zero-order valence-electron chi connectivity index (χ0n) is 17.9. The van der Waals surface area contributed by atoms with Gasteiger partial charge in [-0.25, -0.2) is 0 Å². The number of rotatable bonds is 4. The fraction of sp³-hybridized carbons (Fsp3) is 0.320. The molecule has 0 aliphatic heterocycles. The Kier molecular flexibility index (Phi) is 4.45. The molecule has 0 aliphatic carbocycles. The van der Waals surface area contributed by atoms with Crippen LogP contribution in [-0.2, 0) is 7.05 Å². The summed E-state index contributed by atoms with van der Waals surface area (Å²) in [4.78, 5) is 0. The van der Waals surface area contributed by atoms with Crippen LogP contribution in [0.5, 0.6) is 0 Å². The lowest BCUT2D eigenvalue weighted by Crippen LogP contribution is -2.35. The van der Waals surface area contributed by atoms with Crippen LogP contribution in [0.3, 0.4) is 0 Å². The Labute approximate surface area is 167 Å². The molecule has 0 atom stereocenters. The Balaban J connectivity index is 2.06. The molecule has 0 amide bonds. The van der Waals surface area contributed by atoms with E-state index in [2.05, 4.69) is 81.1 Å². The third-order valence-electron chi connectivity index (χ3n) is 5.96. The van der Waals surface area contributed by atoms with Crippen molar-refractivity contribution >= 4 is 32.2 Å². The number of aromatic nitrogens is 1. The van der Waals surface area contributed by atoms with Crippen LogP contribution in [0.1, 0.15) is 50.8 Å². The molecule has 2 aromatic carbocycles. The van der Waals surface area contributed by atoms with Gasteiger partial charge in [0.2, 0.25) is 5.69 Å². The van der Waals surface area contributed by atoms with E-state index in [0.717, 1.165) is 23.9 Å². The molecule has 0 bridgehead atoms. The smallest absolute Gasteiger partial charge is 0.198 e. The average Bonchev–Trinajstić information content (AvgIpc) is 3.15. The van der Waals surface area contributed by atoms with E-state index < -0.39 is 0 Å². The molecule has 0 aliphatic rings. The maximum Gasteiger partial charge on any atom is 0.220 e. The van der Waals surface area contributed by atoms with Crippen LogP contribution in [0, 0.1) is 13.8 Å². The quantitative estimate of drug-likeness (QED) is 0.336. The molecular weight excluding hydrogens is 346 g/mol. The minimum atomic E-state index is 0.561. The van der Waals surface area contributed by atoms with Crippen molar-refractivity contribution in [1.29, 1.82) is 0 Å². The van der Waals surface area contributed by atoms with Gasteiger partial charge in [-0.15, -0.1) is 11.3 Å². The van der Waals surface area contributed by atoms with E-state index in [9.17, 15) is 0 Å². The summed E-state index contributed by atoms with van der Waals surface area (Å²) in [5.41, 5.74) is 6.13. The van der Waals surface area contributed by atoms with Gasteiger partial charge in [-0.3, -0.25) is 0 Å². The highest BCUT2D eigenvalue weighted by atomic mass is 32.1. The van der Waals surface area contributed by atoms with Crippen LogP contribution in [0.25, 0.3) is 32.1 Å². The fourth-order valence-electron chi connectivity index (χ4n) is 4.22. The molecule has 0 unspecified atom stereocenters. The Hall–Kier alpha value is -2.19. The van der Waals surface area contributed by atoms with Gasteiger partial charge in [0.1, 0.15) is 7.05 Å². The molecule has 0 saturated heterocycles. The predicted octanol–water partition coefficient (Wildman–Crippen LogP) is 7.07. The lowest BCUT2D eigenvalue weighted by atomic mass is 9.90. The van der Waals surface area contributed by atoms with Gasteiger partial charge < -0.3 is 0 Å². The van der Waals surface area contributed by atoms with Gasteiger partial charge in [0.15, 0.2) is 5.69 Å². The van der Waals surface area contributed by atoms with Crippen LogP contribution >= 0.6 is 11.3 Å². The van der Waals surface area contributed by atoms with E-state index in [-0.39, 0.29) is 0 Å². The molecule has 138 valence electrons. The Morgan fingerprint density at radius 2 is 1.81 bits per heavy atom. The summed E-state index contributed by atoms with van der Waals surface area (Å²) < 4.78 is 12.3. The van der Waals surface area contributed by atoms with Gasteiger partial charge in [-0.1, -0.05) is 26.0 Å². The van der Waals surface area contributed by atoms with E-state index in [1.807, 2.05) is 0 Å². The summed E-state index contributed by atoms with van der Waals surface area (Å²) >= 11 is 1.79. The first kappa shape index (κ1) is 16.9. The van der Waals surface area contributed by atoms with Crippen LogP contribution < -0.4 is 4.57 Å². The van der Waals surface area contributed by atoms with E-state index in [1.54, 1.807) is 11.3 Å². The number of aryl methyl sites for hydroxylation is 1. The summed E-state index contributed by atoms with van der Waals surface area (Å²) in [6.07, 6.45) is 2.27. The van der Waals surface area contributed by atoms with Crippen LogP contribution in [0.2, 0.25) is 0 Å². The maximum absolute atomic E-state index is 8.78. The number of nitrogens with zero attached hydrogens (tertiary/aromatic N) is 1. The first-order chi connectivity index (χ1) is 13.5. The monoisotopic (exact) mass is 375 g/mol. The molecule has 27 heavy (non-hydrogen) atoms. The van der Waals surface area contributed by atoms with Crippen molar-refractivity contribution in [1.82, 2.24) is 0 Å². The van der Waals surface area contributed by atoms with Crippen LogP contribution in [-0.4, -0.2) is 0 Å². The summed E-state index contributed by atoms with van der Waals surface area (Å²) in [6.45, 7) is 8.76. The molecule has 2 heteroatoms. The molecular formula is C25H28NS+. The Morgan fingerprint density at radius 3 is 2.56 bits per heavy atom. The van der Waals surface area contributed by atoms with Crippen molar-refractivity contribution in [3.63, 3.8) is 0 Å². The van der Waals surface area contributed by atoms with Gasteiger partial charge in [0.05, 0.1) is 12.3 Å². The molecule has 0 saturated carbocycles. The highest BCUT2D eigenvalue weighted by Gasteiger charge is 2.21. The lowest BCUT2D eigenvalue weighted by Gasteiger charge is -2.15. The normalized spacial score (nSPS) is 12.3. The van der Waals surface area contributed by atoms with Gasteiger partial charge in [0.25, 0.3) is 0 Å². The average molecular weight is 376 g/mol. The molecule has 1 nitrogen and oxygen atoms in total. The molecule has 2 heterocycles. The molecule has 0 spiro atoms. The molecule has 0 N–H and O–H groups in total. The second kappa shape index (κ2) is 7.09. The summed E-state index contributed by atoms with van der Waals surface area (Å²) in [5, 5.41) is 5.71. The first-order valence-corrected chi connectivity index (χ1v) is 10.7. The van der Waals surface area contributed by atoms with Gasteiger partial charge >= 0.3 is 0 Å². The third-order valence-corrected chi connectivity index (χ3v) is 6.84. The summed E-state index contributed by atoms with van der Waals surface area (Å²) in [7, 11) is 2.09. The van der Waals surface area contributed by atoms with Crippen molar-refractivity contribution in [3.05, 3.63) is 64.6 Å². The highest BCUT2D eigenvalue weighted by molar-refractivity contribution is 7.17. The standard InChI is InChI=1S/C25H28NS/c1-6-18(7-2)19-8-9-22-21(14-19)13-17(4)26(5)25(22)23-15-24-20(10-11-27-24)12-16(23)3/h8-15,18H,6-7H2,1-5H3/q+1/i13D. The van der Waals surface area contributed by atoms with E-state index >= 15 is 0 Å². The zero-order valence-corrected chi connectivity index (χ0v) is 17.7. The minimum Gasteiger partial charge on any atom is -0.198 e. The number of hydrogen-bond acceptors (Lipinski definition) is 1. The fourth-order valence-corrected chi connectivity index (χ4v) is 5.03. The van der Waals surface area contributed by atoms with Crippen LogP contribution in [0.4, 0.5) is 0 Å². The van der Waals surface area contributed by atoms with Gasteiger partial charge in [0, 0.05) is 17.7 Å². The molecule has 4 rings (SSSR count). The summed E-state index contributed by atoms with van der Waals surface area (Å²) in [5.74, 6) is 0.561. The van der Waals surface area contributed by atoms with Gasteiger partial charge in [-0.2, -0.15) is 4.57 Å². The van der Waals surface area contributed by atoms with Gasteiger partial charge in [-0.05, 0) is 77.2 Å². The zero-order chi connectivity index (χ0) is 20.0. The second-order valence-electron chi connectivity index (χ2n) is 7.56. The Morgan fingerprint density at radius 1 is 1.04 bits per heavy atom. The number of hydrogen-bond donors (Lipinski definition) is 0. The molecule has 2 aromatic heterocycles. The van der Waals surface area contributed by atoms with E-state index in [4.69, 9.17) is 1.37 Å². The van der Waals surface area contributed by atoms with Crippen molar-refractivity contribution in [2.45, 2.75) is 46.5 Å². The Bertz CT molecular complexity index is 1180. The van der Waals surface area contributed by atoms with Crippen molar-refractivity contribution in [3.8, 4) is 11.3 Å². The topological polar surface area (TPSA) is 3.88 Å². The maximum atomic E-state index is 8.78. The first-order valence-electron chi connectivity index (χ1n) is 10.4. The molecule has 4 aromatic rings. The predicted molar refractivity (Wildman–Crippen MR) is 119 cm³/mol. The lowest BCUT2D eigenvalue weighted by molar-refractivity contribution is -0.665. The molecule has 0 radical (unpaired) electrons. The number of fused-ring (bicyclic) bond motifs is 2. The van der Waals surface area contributed by atoms with Crippen molar-refractivity contribution in [2.24, 2.45) is 7.05 Å². The van der Waals surface area contributed by atoms with Crippen LogP contribution in [0.15, 0.2) is 47.8 Å². The molecule has 0 fully saturated rings. The van der Waals surface area contributed by atoms with Crippen molar-refractivity contribution < 1.29 is 5.94 Å². The minimum absolute atomic E-state index is 0.561. The van der Waals surface area contributed by atoms with E-state index in [1.165, 1.54) is 37.9 Å². The SMILES string of the molecule is [2H]c1c(C)[n+](C)c(-c2cc3sccc3cc2C)c2ccc(C(CC)CC)cc12. The van der Waals surface area contributed by atoms with E-state index in [0.29, 0.717) is 12.0 Å². The second-order valence-corrected chi connectivity index (χ2v) is 8.51. The number of thiophene rings is 1. The largest absolute Gasteiger partial charge is 0.220 e. The number of benzene rings is 2. The van der Waals surface area contributed by atoms with Crippen molar-refractivity contribution in [2.75, 3.05) is 0 Å². The number of pyridine rings is 1.